The fourth-order valence-corrected chi connectivity index (χ4v) is 3.41. The number of nitrogens with one attached hydrogen (secondary N) is 2. The van der Waals surface area contributed by atoms with Gasteiger partial charge in [-0.1, -0.05) is 12.1 Å². The molecule has 0 amide bonds. The van der Waals surface area contributed by atoms with Crippen molar-refractivity contribution < 1.29 is 17.9 Å². The Morgan fingerprint density at radius 3 is 2.82 bits per heavy atom. The van der Waals surface area contributed by atoms with Crippen LogP contribution in [-0.4, -0.2) is 34.1 Å². The van der Waals surface area contributed by atoms with Crippen LogP contribution < -0.4 is 10.6 Å². The van der Waals surface area contributed by atoms with E-state index in [2.05, 4.69) is 15.7 Å². The summed E-state index contributed by atoms with van der Waals surface area (Å²) in [7, 11) is 0. The molecule has 2 N–H and O–H groups in total. The van der Waals surface area contributed by atoms with E-state index in [0.29, 0.717) is 17.2 Å². The summed E-state index contributed by atoms with van der Waals surface area (Å²) in [5.74, 6) is 0. The van der Waals surface area contributed by atoms with E-state index >= 15 is 0 Å². The Morgan fingerprint density at radius 1 is 1.36 bits per heavy atom. The highest BCUT2D eigenvalue weighted by Gasteiger charge is 2.30. The summed E-state index contributed by atoms with van der Waals surface area (Å²) in [6, 6.07) is 5.28. The maximum absolute atomic E-state index is 12.9. The summed E-state index contributed by atoms with van der Waals surface area (Å²) in [5, 5.41) is 11.2. The number of hydrogen-bond acceptors (Lipinski definition) is 3. The minimum absolute atomic E-state index is 0.172. The molecule has 0 aliphatic carbocycles. The second-order valence-corrected chi connectivity index (χ2v) is 7.28. The topological polar surface area (TPSA) is 51.1 Å². The van der Waals surface area contributed by atoms with Crippen molar-refractivity contribution in [1.82, 2.24) is 15.1 Å². The van der Waals surface area contributed by atoms with Crippen LogP contribution in [0.2, 0.25) is 0 Å². The predicted molar refractivity (Wildman–Crippen MR) is 105 cm³/mol. The molecule has 1 aliphatic heterocycles. The lowest BCUT2D eigenvalue weighted by molar-refractivity contribution is -0.137. The second kappa shape index (κ2) is 8.48. The molecule has 152 valence electrons. The summed E-state index contributed by atoms with van der Waals surface area (Å²) in [4.78, 5) is 0. The van der Waals surface area contributed by atoms with Crippen LogP contribution >= 0.6 is 12.2 Å². The van der Waals surface area contributed by atoms with Crippen LogP contribution in [0, 0.1) is 13.8 Å². The van der Waals surface area contributed by atoms with Gasteiger partial charge in [-0.2, -0.15) is 18.3 Å². The number of ether oxygens (including phenoxy) is 1. The number of rotatable bonds is 5. The van der Waals surface area contributed by atoms with Crippen LogP contribution in [0.15, 0.2) is 24.3 Å². The summed E-state index contributed by atoms with van der Waals surface area (Å²) >= 11 is 5.35. The number of anilines is 1. The predicted octanol–water partition coefficient (Wildman–Crippen LogP) is 4.03. The molecule has 1 unspecified atom stereocenters. The summed E-state index contributed by atoms with van der Waals surface area (Å²) in [5.41, 5.74) is 2.16. The van der Waals surface area contributed by atoms with E-state index in [1.54, 1.807) is 10.7 Å². The maximum Gasteiger partial charge on any atom is 0.416 e. The molecule has 1 atom stereocenters. The Labute approximate surface area is 167 Å². The Bertz CT molecular complexity index is 844. The van der Waals surface area contributed by atoms with Gasteiger partial charge in [0.15, 0.2) is 5.11 Å². The quantitative estimate of drug-likeness (QED) is 0.727. The average molecular weight is 412 g/mol. The van der Waals surface area contributed by atoms with Crippen molar-refractivity contribution in [3.63, 3.8) is 0 Å². The SMILES string of the molecule is Cc1nn(Cc2cccc(C(F)(F)F)c2)c(C)c1NC(=S)NCC1CCCO1. The molecule has 0 saturated carbocycles. The zero-order valence-corrected chi connectivity index (χ0v) is 16.6. The van der Waals surface area contributed by atoms with Crippen molar-refractivity contribution in [2.45, 2.75) is 45.5 Å². The second-order valence-electron chi connectivity index (χ2n) is 6.87. The van der Waals surface area contributed by atoms with E-state index in [4.69, 9.17) is 17.0 Å². The molecule has 0 spiro atoms. The summed E-state index contributed by atoms with van der Waals surface area (Å²) < 4.78 is 46.0. The maximum atomic E-state index is 12.9. The highest BCUT2D eigenvalue weighted by Crippen LogP contribution is 2.30. The molecule has 1 aromatic heterocycles. The van der Waals surface area contributed by atoms with Crippen molar-refractivity contribution in [3.05, 3.63) is 46.8 Å². The highest BCUT2D eigenvalue weighted by atomic mass is 32.1. The lowest BCUT2D eigenvalue weighted by Crippen LogP contribution is -2.35. The number of thiocarbonyl (C=S) groups is 1. The molecule has 9 heteroatoms. The third-order valence-corrected chi connectivity index (χ3v) is 4.97. The van der Waals surface area contributed by atoms with Gasteiger partial charge in [0.1, 0.15) is 0 Å². The lowest BCUT2D eigenvalue weighted by Gasteiger charge is -2.14. The van der Waals surface area contributed by atoms with Gasteiger partial charge >= 0.3 is 6.18 Å². The van der Waals surface area contributed by atoms with Crippen molar-refractivity contribution in [1.29, 1.82) is 0 Å². The van der Waals surface area contributed by atoms with Gasteiger partial charge in [0, 0.05) is 13.2 Å². The lowest BCUT2D eigenvalue weighted by atomic mass is 10.1. The van der Waals surface area contributed by atoms with Crippen molar-refractivity contribution in [2.75, 3.05) is 18.5 Å². The van der Waals surface area contributed by atoms with Crippen molar-refractivity contribution in [2.24, 2.45) is 0 Å². The first-order chi connectivity index (χ1) is 13.2. The van der Waals surface area contributed by atoms with E-state index in [0.717, 1.165) is 48.7 Å². The third-order valence-electron chi connectivity index (χ3n) is 4.72. The normalized spacial score (nSPS) is 17.0. The Morgan fingerprint density at radius 2 is 2.14 bits per heavy atom. The van der Waals surface area contributed by atoms with E-state index in [-0.39, 0.29) is 12.6 Å². The Hall–Kier alpha value is -2.13. The molecule has 1 aromatic carbocycles. The zero-order valence-electron chi connectivity index (χ0n) is 15.8. The third kappa shape index (κ3) is 5.02. The van der Waals surface area contributed by atoms with Gasteiger partial charge in [0.25, 0.3) is 0 Å². The Balaban J connectivity index is 1.67. The van der Waals surface area contributed by atoms with Crippen molar-refractivity contribution >= 4 is 23.0 Å². The number of hydrogen-bond donors (Lipinski definition) is 2. The molecule has 1 fully saturated rings. The number of aromatic nitrogens is 2. The zero-order chi connectivity index (χ0) is 20.3. The molecule has 28 heavy (non-hydrogen) atoms. The number of benzene rings is 1. The molecule has 1 saturated heterocycles. The van der Waals surface area contributed by atoms with Gasteiger partial charge in [-0.25, -0.2) is 0 Å². The van der Waals surface area contributed by atoms with Crippen LogP contribution in [0.25, 0.3) is 0 Å². The van der Waals surface area contributed by atoms with Crippen LogP contribution in [0.1, 0.15) is 35.4 Å². The van der Waals surface area contributed by atoms with Crippen LogP contribution in [-0.2, 0) is 17.5 Å². The molecule has 0 bridgehead atoms. The van der Waals surface area contributed by atoms with E-state index in [1.807, 2.05) is 13.8 Å². The first kappa shape index (κ1) is 20.6. The molecular formula is C19H23F3N4OS. The molecular weight excluding hydrogens is 389 g/mol. The summed E-state index contributed by atoms with van der Waals surface area (Å²) in [6.07, 6.45) is -2.11. The van der Waals surface area contributed by atoms with E-state index < -0.39 is 11.7 Å². The van der Waals surface area contributed by atoms with Gasteiger partial charge in [0.05, 0.1) is 35.3 Å². The largest absolute Gasteiger partial charge is 0.416 e. The number of halogens is 3. The minimum atomic E-state index is -4.36. The molecule has 5 nitrogen and oxygen atoms in total. The molecule has 3 rings (SSSR count). The van der Waals surface area contributed by atoms with Gasteiger partial charge in [-0.15, -0.1) is 0 Å². The molecule has 2 heterocycles. The van der Waals surface area contributed by atoms with E-state index in [9.17, 15) is 13.2 Å². The van der Waals surface area contributed by atoms with E-state index in [1.165, 1.54) is 6.07 Å². The smallest absolute Gasteiger partial charge is 0.376 e. The number of alkyl halides is 3. The van der Waals surface area contributed by atoms with Crippen LogP contribution in [0.3, 0.4) is 0 Å². The monoisotopic (exact) mass is 412 g/mol. The first-order valence-electron chi connectivity index (χ1n) is 9.10. The summed E-state index contributed by atoms with van der Waals surface area (Å²) in [6.45, 7) is 5.36. The standard InChI is InChI=1S/C19H23F3N4OS/c1-12-17(24-18(28)23-10-16-7-4-8-27-16)13(2)26(25-12)11-14-5-3-6-15(9-14)19(20,21)22/h3,5-6,9,16H,4,7-8,10-11H2,1-2H3,(H2,23,24,28). The Kier molecular flexibility index (Phi) is 6.24. The van der Waals surface area contributed by atoms with Gasteiger partial charge in [-0.05, 0) is 56.6 Å². The molecule has 2 aromatic rings. The van der Waals surface area contributed by atoms with Crippen LogP contribution in [0.4, 0.5) is 18.9 Å². The minimum Gasteiger partial charge on any atom is -0.376 e. The molecule has 0 radical (unpaired) electrons. The first-order valence-corrected chi connectivity index (χ1v) is 9.51. The fourth-order valence-electron chi connectivity index (χ4n) is 3.22. The number of aryl methyl sites for hydroxylation is 1. The number of nitrogens with zero attached hydrogens (tertiary/aromatic N) is 2. The van der Waals surface area contributed by atoms with Gasteiger partial charge in [0.2, 0.25) is 0 Å². The van der Waals surface area contributed by atoms with Gasteiger partial charge < -0.3 is 15.4 Å². The van der Waals surface area contributed by atoms with Gasteiger partial charge in [-0.3, -0.25) is 4.68 Å². The average Bonchev–Trinajstić information content (AvgIpc) is 3.24. The van der Waals surface area contributed by atoms with Crippen molar-refractivity contribution in [3.8, 4) is 0 Å². The molecule has 1 aliphatic rings. The highest BCUT2D eigenvalue weighted by molar-refractivity contribution is 7.80. The van der Waals surface area contributed by atoms with Crippen LogP contribution in [0.5, 0.6) is 0 Å². The fraction of sp³-hybridized carbons (Fsp3) is 0.474.